The fourth-order valence-electron chi connectivity index (χ4n) is 5.81. The van der Waals surface area contributed by atoms with E-state index in [1.165, 1.54) is 88.2 Å². The van der Waals surface area contributed by atoms with E-state index in [0.717, 1.165) is 49.9 Å². The average Bonchev–Trinajstić information content (AvgIpc) is 2.93. The van der Waals surface area contributed by atoms with Gasteiger partial charge >= 0.3 is 0 Å². The molecule has 1 aliphatic rings. The number of benzene rings is 1. The Morgan fingerprint density at radius 3 is 1.92 bits per heavy atom. The number of aryl methyl sites for hydroxylation is 1. The third-order valence-electron chi connectivity index (χ3n) is 8.35. The quantitative estimate of drug-likeness (QED) is 0.221. The van der Waals surface area contributed by atoms with Gasteiger partial charge < -0.3 is 0 Å². The van der Waals surface area contributed by atoms with Crippen molar-refractivity contribution in [3.05, 3.63) is 47.8 Å². The second-order valence-corrected chi connectivity index (χ2v) is 11.2. The van der Waals surface area contributed by atoms with Gasteiger partial charge in [0.25, 0.3) is 0 Å². The lowest BCUT2D eigenvalue weighted by molar-refractivity contribution is 0.223. The van der Waals surface area contributed by atoms with Crippen LogP contribution < -0.4 is 0 Å². The van der Waals surface area contributed by atoms with Crippen molar-refractivity contribution in [1.29, 1.82) is 5.26 Å². The molecule has 0 amide bonds. The summed E-state index contributed by atoms with van der Waals surface area (Å²) in [5, 5.41) is 9.97. The summed E-state index contributed by atoms with van der Waals surface area (Å²) >= 11 is 0. The van der Waals surface area contributed by atoms with Crippen LogP contribution in [0.1, 0.15) is 140 Å². The fraction of sp³-hybridized carbons (Fsp3) is 0.667. The van der Waals surface area contributed by atoms with E-state index in [1.807, 2.05) is 12.4 Å². The number of aromatic nitrogens is 2. The van der Waals surface area contributed by atoms with E-state index in [0.29, 0.717) is 5.92 Å². The molecule has 0 atom stereocenters. The largest absolute Gasteiger partial charge is 0.236 e. The number of unbranched alkanes of at least 4 members (excludes halogenated alkanes) is 10. The Kier molecular flexibility index (Phi) is 12.5. The van der Waals surface area contributed by atoms with Gasteiger partial charge in [-0.15, -0.1) is 0 Å². The number of hydrogen-bond donors (Lipinski definition) is 0. The minimum Gasteiger partial charge on any atom is -0.236 e. The van der Waals surface area contributed by atoms with Crippen molar-refractivity contribution in [3.8, 4) is 17.5 Å². The van der Waals surface area contributed by atoms with Crippen molar-refractivity contribution in [3.63, 3.8) is 0 Å². The van der Waals surface area contributed by atoms with Crippen LogP contribution in [0, 0.1) is 16.7 Å². The van der Waals surface area contributed by atoms with Crippen molar-refractivity contribution in [2.24, 2.45) is 5.41 Å². The summed E-state index contributed by atoms with van der Waals surface area (Å²) in [7, 11) is 0. The zero-order valence-electron chi connectivity index (χ0n) is 23.1. The molecule has 1 aromatic carbocycles. The Labute approximate surface area is 221 Å². The Morgan fingerprint density at radius 1 is 0.778 bits per heavy atom. The first-order valence-corrected chi connectivity index (χ1v) is 15.0. The van der Waals surface area contributed by atoms with E-state index in [4.69, 9.17) is 0 Å². The summed E-state index contributed by atoms with van der Waals surface area (Å²) in [5.41, 5.74) is 3.66. The molecule has 196 valence electrons. The van der Waals surface area contributed by atoms with Gasteiger partial charge in [-0.25, -0.2) is 9.97 Å². The van der Waals surface area contributed by atoms with Crippen LogP contribution in [0.25, 0.3) is 11.4 Å². The molecule has 0 N–H and O–H groups in total. The summed E-state index contributed by atoms with van der Waals surface area (Å²) in [5.74, 6) is 1.39. The molecular weight excluding hydrogens is 438 g/mol. The number of nitriles is 1. The second-order valence-electron chi connectivity index (χ2n) is 11.2. The molecule has 1 saturated carbocycles. The summed E-state index contributed by atoms with van der Waals surface area (Å²) < 4.78 is 0. The normalized spacial score (nSPS) is 19.8. The Balaban J connectivity index is 1.43. The Bertz CT molecular complexity index is 886. The molecule has 3 heteroatoms. The molecule has 0 radical (unpaired) electrons. The van der Waals surface area contributed by atoms with Crippen LogP contribution in [0.15, 0.2) is 36.7 Å². The van der Waals surface area contributed by atoms with Gasteiger partial charge in [0, 0.05) is 18.0 Å². The highest BCUT2D eigenvalue weighted by Gasteiger charge is 2.35. The molecule has 0 unspecified atom stereocenters. The van der Waals surface area contributed by atoms with Gasteiger partial charge in [-0.05, 0) is 62.0 Å². The van der Waals surface area contributed by atoms with Crippen LogP contribution in [-0.4, -0.2) is 9.97 Å². The maximum Gasteiger partial charge on any atom is 0.159 e. The monoisotopic (exact) mass is 487 g/mol. The first kappa shape index (κ1) is 28.4. The lowest BCUT2D eigenvalue weighted by Crippen LogP contribution is -2.25. The van der Waals surface area contributed by atoms with Crippen LogP contribution in [0.3, 0.4) is 0 Å². The third kappa shape index (κ3) is 9.02. The molecule has 0 spiro atoms. The van der Waals surface area contributed by atoms with E-state index in [9.17, 15) is 5.26 Å². The molecule has 1 heterocycles. The van der Waals surface area contributed by atoms with Gasteiger partial charge in [-0.3, -0.25) is 0 Å². The fourth-order valence-corrected chi connectivity index (χ4v) is 5.81. The predicted molar refractivity (Wildman–Crippen MR) is 152 cm³/mol. The zero-order chi connectivity index (χ0) is 25.5. The molecule has 1 fully saturated rings. The molecular formula is C33H49N3. The molecule has 2 aromatic rings. The Hall–Kier alpha value is -2.21. The highest BCUT2D eigenvalue weighted by atomic mass is 14.9. The highest BCUT2D eigenvalue weighted by molar-refractivity contribution is 5.55. The predicted octanol–water partition coefficient (Wildman–Crippen LogP) is 9.96. The van der Waals surface area contributed by atoms with Gasteiger partial charge in [0.1, 0.15) is 0 Å². The van der Waals surface area contributed by atoms with Crippen molar-refractivity contribution >= 4 is 0 Å². The SMILES string of the molecule is CCCCCCCCC[C@]1(C#N)CC[C@H](c2ccc(-c3ncc(CCCCCCC)cn3)cc2)CC1. The standard InChI is InChI=1S/C33H49N3/c1-3-5-7-9-10-12-14-22-33(27-34)23-20-30(21-24-33)29-16-18-31(19-17-29)32-35-25-28(26-36-32)15-13-11-8-6-4-2/h16-19,25-26,30H,3-15,20-24H2,1-2H3/t30-,33-. The van der Waals surface area contributed by atoms with E-state index in [1.54, 1.807) is 0 Å². The van der Waals surface area contributed by atoms with Crippen LogP contribution in [0.5, 0.6) is 0 Å². The summed E-state index contributed by atoms with van der Waals surface area (Å²) in [6.07, 6.45) is 26.3. The molecule has 0 bridgehead atoms. The topological polar surface area (TPSA) is 49.6 Å². The zero-order valence-corrected chi connectivity index (χ0v) is 23.1. The molecule has 36 heavy (non-hydrogen) atoms. The highest BCUT2D eigenvalue weighted by Crippen LogP contribution is 2.45. The molecule has 1 aliphatic carbocycles. The van der Waals surface area contributed by atoms with Crippen LogP contribution in [0.2, 0.25) is 0 Å². The second kappa shape index (κ2) is 15.8. The minimum atomic E-state index is -0.0779. The minimum absolute atomic E-state index is 0.0779. The number of nitrogens with zero attached hydrogens (tertiary/aromatic N) is 3. The molecule has 3 rings (SSSR count). The maximum absolute atomic E-state index is 9.97. The van der Waals surface area contributed by atoms with Crippen molar-refractivity contribution in [2.75, 3.05) is 0 Å². The van der Waals surface area contributed by atoms with E-state index >= 15 is 0 Å². The first-order valence-electron chi connectivity index (χ1n) is 15.0. The smallest absolute Gasteiger partial charge is 0.159 e. The van der Waals surface area contributed by atoms with Gasteiger partial charge in [0.15, 0.2) is 5.82 Å². The van der Waals surface area contributed by atoms with Gasteiger partial charge in [-0.2, -0.15) is 5.26 Å². The maximum atomic E-state index is 9.97. The first-order chi connectivity index (χ1) is 17.7. The van der Waals surface area contributed by atoms with Gasteiger partial charge in [-0.1, -0.05) is 109 Å². The average molecular weight is 488 g/mol. The summed E-state index contributed by atoms with van der Waals surface area (Å²) in [4.78, 5) is 9.29. The molecule has 1 aromatic heterocycles. The van der Waals surface area contributed by atoms with Gasteiger partial charge in [0.05, 0.1) is 11.5 Å². The lowest BCUT2D eigenvalue weighted by Gasteiger charge is -2.35. The van der Waals surface area contributed by atoms with Crippen molar-refractivity contribution in [2.45, 2.75) is 135 Å². The number of hydrogen-bond acceptors (Lipinski definition) is 3. The van der Waals surface area contributed by atoms with E-state index < -0.39 is 0 Å². The van der Waals surface area contributed by atoms with E-state index in [-0.39, 0.29) is 5.41 Å². The van der Waals surface area contributed by atoms with Crippen molar-refractivity contribution in [1.82, 2.24) is 9.97 Å². The molecule has 3 nitrogen and oxygen atoms in total. The van der Waals surface area contributed by atoms with E-state index in [2.05, 4.69) is 54.2 Å². The summed E-state index contributed by atoms with van der Waals surface area (Å²) in [6, 6.07) is 11.6. The van der Waals surface area contributed by atoms with Crippen LogP contribution >= 0.6 is 0 Å². The van der Waals surface area contributed by atoms with Crippen LogP contribution in [0.4, 0.5) is 0 Å². The summed E-state index contributed by atoms with van der Waals surface area (Å²) in [6.45, 7) is 4.52. The lowest BCUT2D eigenvalue weighted by atomic mass is 9.67. The van der Waals surface area contributed by atoms with Gasteiger partial charge in [0.2, 0.25) is 0 Å². The third-order valence-corrected chi connectivity index (χ3v) is 8.35. The van der Waals surface area contributed by atoms with Crippen molar-refractivity contribution < 1.29 is 0 Å². The van der Waals surface area contributed by atoms with Crippen LogP contribution in [-0.2, 0) is 6.42 Å². The Morgan fingerprint density at radius 2 is 1.33 bits per heavy atom. The molecule has 0 saturated heterocycles. The number of rotatable bonds is 16. The molecule has 0 aliphatic heterocycles.